The van der Waals surface area contributed by atoms with E-state index < -0.39 is 0 Å². The first kappa shape index (κ1) is 18.4. The average molecular weight is 363 g/mol. The number of pyridine rings is 1. The quantitative estimate of drug-likeness (QED) is 0.676. The highest BCUT2D eigenvalue weighted by Gasteiger charge is 2.09. The molecule has 0 saturated heterocycles. The molecule has 1 heterocycles. The molecule has 0 aliphatic heterocycles. The number of ether oxygens (including phenoxy) is 1. The van der Waals surface area contributed by atoms with Gasteiger partial charge < -0.3 is 15.4 Å². The van der Waals surface area contributed by atoms with E-state index in [9.17, 15) is 9.59 Å². The third kappa shape index (κ3) is 4.82. The van der Waals surface area contributed by atoms with Crippen molar-refractivity contribution in [2.24, 2.45) is 0 Å². The molecule has 0 bridgehead atoms. The fourth-order valence-corrected chi connectivity index (χ4v) is 2.75. The van der Waals surface area contributed by atoms with Crippen LogP contribution in [0.2, 0.25) is 0 Å². The fourth-order valence-electron chi connectivity index (χ4n) is 2.75. The van der Waals surface area contributed by atoms with Crippen molar-refractivity contribution in [3.8, 4) is 5.88 Å². The van der Waals surface area contributed by atoms with Crippen molar-refractivity contribution in [3.63, 3.8) is 0 Å². The van der Waals surface area contributed by atoms with Crippen LogP contribution in [-0.4, -0.2) is 30.5 Å². The molecule has 0 atom stereocenters. The van der Waals surface area contributed by atoms with Gasteiger partial charge in [-0.2, -0.15) is 0 Å². The lowest BCUT2D eigenvalue weighted by molar-refractivity contribution is -0.121. The first-order valence-electron chi connectivity index (χ1n) is 8.69. The van der Waals surface area contributed by atoms with Crippen molar-refractivity contribution < 1.29 is 14.3 Å². The predicted molar refractivity (Wildman–Crippen MR) is 104 cm³/mol. The third-order valence-electron chi connectivity index (χ3n) is 4.17. The van der Waals surface area contributed by atoms with Crippen LogP contribution in [0.4, 0.5) is 0 Å². The van der Waals surface area contributed by atoms with Crippen molar-refractivity contribution in [3.05, 3.63) is 71.9 Å². The molecule has 3 aromatic rings. The largest absolute Gasteiger partial charge is 0.481 e. The van der Waals surface area contributed by atoms with Gasteiger partial charge in [0.25, 0.3) is 5.91 Å². The van der Waals surface area contributed by atoms with E-state index in [1.54, 1.807) is 18.3 Å². The summed E-state index contributed by atoms with van der Waals surface area (Å²) < 4.78 is 5.15. The normalized spacial score (nSPS) is 10.4. The van der Waals surface area contributed by atoms with Crippen LogP contribution in [0.3, 0.4) is 0 Å². The number of hydrogen-bond donors (Lipinski definition) is 2. The summed E-state index contributed by atoms with van der Waals surface area (Å²) in [6.07, 6.45) is 1.83. The highest BCUT2D eigenvalue weighted by molar-refractivity contribution is 5.98. The van der Waals surface area contributed by atoms with E-state index in [4.69, 9.17) is 4.74 Å². The summed E-state index contributed by atoms with van der Waals surface area (Å²) in [5, 5.41) is 7.67. The Morgan fingerprint density at radius 1 is 1.00 bits per heavy atom. The van der Waals surface area contributed by atoms with Gasteiger partial charge in [-0.1, -0.05) is 36.4 Å². The molecule has 138 valence electrons. The van der Waals surface area contributed by atoms with Crippen molar-refractivity contribution in [2.75, 3.05) is 13.7 Å². The number of benzene rings is 2. The minimum atomic E-state index is -0.192. The van der Waals surface area contributed by atoms with Gasteiger partial charge in [0.2, 0.25) is 11.8 Å². The van der Waals surface area contributed by atoms with E-state index >= 15 is 0 Å². The van der Waals surface area contributed by atoms with Gasteiger partial charge in [0, 0.05) is 36.8 Å². The van der Waals surface area contributed by atoms with Crippen LogP contribution in [0.1, 0.15) is 22.3 Å². The van der Waals surface area contributed by atoms with Gasteiger partial charge in [-0.05, 0) is 29.0 Å². The van der Waals surface area contributed by atoms with Crippen LogP contribution >= 0.6 is 0 Å². The van der Waals surface area contributed by atoms with Gasteiger partial charge in [-0.25, -0.2) is 4.98 Å². The van der Waals surface area contributed by atoms with Gasteiger partial charge >= 0.3 is 0 Å². The summed E-state index contributed by atoms with van der Waals surface area (Å²) in [6.45, 7) is 0.593. The zero-order valence-electron chi connectivity index (χ0n) is 15.1. The lowest BCUT2D eigenvalue weighted by Gasteiger charge is -2.09. The standard InChI is InChI=1S/C21H21N3O3/c1-27-21-18(7-4-11-23-21)14-24-19(25)10-12-22-20(26)17-9-8-15-5-2-3-6-16(15)13-17/h2-9,11,13H,10,12,14H2,1H3,(H,22,26)(H,24,25). The number of fused-ring (bicyclic) bond motifs is 1. The molecule has 0 radical (unpaired) electrons. The summed E-state index contributed by atoms with van der Waals surface area (Å²) in [4.78, 5) is 28.3. The Morgan fingerprint density at radius 3 is 2.63 bits per heavy atom. The molecule has 0 unspecified atom stereocenters. The van der Waals surface area contributed by atoms with Crippen molar-refractivity contribution in [1.29, 1.82) is 0 Å². The lowest BCUT2D eigenvalue weighted by atomic mass is 10.1. The first-order chi connectivity index (χ1) is 13.2. The molecule has 0 aliphatic rings. The molecule has 2 N–H and O–H groups in total. The minimum absolute atomic E-state index is 0.153. The summed E-state index contributed by atoms with van der Waals surface area (Å²) in [5.74, 6) is 0.143. The number of methoxy groups -OCH3 is 1. The van der Waals surface area contributed by atoms with E-state index in [2.05, 4.69) is 15.6 Å². The third-order valence-corrected chi connectivity index (χ3v) is 4.17. The van der Waals surface area contributed by atoms with Gasteiger partial charge in [-0.3, -0.25) is 9.59 Å². The molecule has 0 fully saturated rings. The molecule has 1 aromatic heterocycles. The Hall–Kier alpha value is -3.41. The van der Waals surface area contributed by atoms with Crippen LogP contribution in [-0.2, 0) is 11.3 Å². The molecule has 2 amide bonds. The number of carbonyl (C=O) groups excluding carboxylic acids is 2. The summed E-state index contributed by atoms with van der Waals surface area (Å²) >= 11 is 0. The Kier molecular flexibility index (Phi) is 5.99. The molecule has 0 aliphatic carbocycles. The predicted octanol–water partition coefficient (Wildman–Crippen LogP) is 2.68. The van der Waals surface area contributed by atoms with Crippen molar-refractivity contribution >= 4 is 22.6 Å². The Labute approximate surface area is 157 Å². The van der Waals surface area contributed by atoms with Gasteiger partial charge in [0.05, 0.1) is 7.11 Å². The van der Waals surface area contributed by atoms with E-state index in [0.29, 0.717) is 18.0 Å². The number of hydrogen-bond acceptors (Lipinski definition) is 4. The summed E-state index contributed by atoms with van der Waals surface area (Å²) in [7, 11) is 1.54. The zero-order valence-corrected chi connectivity index (χ0v) is 15.1. The lowest BCUT2D eigenvalue weighted by Crippen LogP contribution is -2.30. The number of nitrogens with zero attached hydrogens (tertiary/aromatic N) is 1. The van der Waals surface area contributed by atoms with E-state index in [1.807, 2.05) is 42.5 Å². The Bertz CT molecular complexity index is 956. The van der Waals surface area contributed by atoms with Gasteiger partial charge in [-0.15, -0.1) is 0 Å². The Balaban J connectivity index is 1.47. The van der Waals surface area contributed by atoms with Gasteiger partial charge in [0.1, 0.15) is 0 Å². The number of nitrogens with one attached hydrogen (secondary N) is 2. The second kappa shape index (κ2) is 8.80. The average Bonchev–Trinajstić information content (AvgIpc) is 2.72. The SMILES string of the molecule is COc1ncccc1CNC(=O)CCNC(=O)c1ccc2ccccc2c1. The molecule has 2 aromatic carbocycles. The molecule has 0 saturated carbocycles. The van der Waals surface area contributed by atoms with E-state index in [-0.39, 0.29) is 24.8 Å². The highest BCUT2D eigenvalue weighted by atomic mass is 16.5. The molecular weight excluding hydrogens is 342 g/mol. The molecule has 27 heavy (non-hydrogen) atoms. The number of aromatic nitrogens is 1. The van der Waals surface area contributed by atoms with Crippen LogP contribution in [0, 0.1) is 0 Å². The van der Waals surface area contributed by atoms with Crippen molar-refractivity contribution in [2.45, 2.75) is 13.0 Å². The van der Waals surface area contributed by atoms with Crippen molar-refractivity contribution in [1.82, 2.24) is 15.6 Å². The van der Waals surface area contributed by atoms with Crippen LogP contribution < -0.4 is 15.4 Å². The molecule has 6 heteroatoms. The van der Waals surface area contributed by atoms with Crippen LogP contribution in [0.25, 0.3) is 10.8 Å². The van der Waals surface area contributed by atoms with E-state index in [1.165, 1.54) is 7.11 Å². The fraction of sp³-hybridized carbons (Fsp3) is 0.190. The maximum atomic E-state index is 12.3. The van der Waals surface area contributed by atoms with Crippen LogP contribution in [0.5, 0.6) is 5.88 Å². The maximum Gasteiger partial charge on any atom is 0.251 e. The summed E-state index contributed by atoms with van der Waals surface area (Å²) in [5.41, 5.74) is 1.38. The van der Waals surface area contributed by atoms with Gasteiger partial charge in [0.15, 0.2) is 0 Å². The molecule has 6 nitrogen and oxygen atoms in total. The minimum Gasteiger partial charge on any atom is -0.481 e. The molecular formula is C21H21N3O3. The molecule has 3 rings (SSSR count). The van der Waals surface area contributed by atoms with E-state index in [0.717, 1.165) is 16.3 Å². The number of carbonyl (C=O) groups is 2. The first-order valence-corrected chi connectivity index (χ1v) is 8.69. The maximum absolute atomic E-state index is 12.3. The monoisotopic (exact) mass is 363 g/mol. The smallest absolute Gasteiger partial charge is 0.251 e. The number of amides is 2. The second-order valence-electron chi connectivity index (χ2n) is 6.02. The highest BCUT2D eigenvalue weighted by Crippen LogP contribution is 2.15. The number of rotatable bonds is 7. The molecule has 0 spiro atoms. The summed E-state index contributed by atoms with van der Waals surface area (Å²) in [6, 6.07) is 17.0. The Morgan fingerprint density at radius 2 is 1.81 bits per heavy atom. The zero-order chi connectivity index (χ0) is 19.1. The van der Waals surface area contributed by atoms with Crippen LogP contribution in [0.15, 0.2) is 60.8 Å². The second-order valence-corrected chi connectivity index (χ2v) is 6.02. The topological polar surface area (TPSA) is 80.3 Å².